The number of nitrogens with one attached hydrogen (secondary N) is 1. The third-order valence-corrected chi connectivity index (χ3v) is 3.26. The minimum atomic E-state index is 0.350. The van der Waals surface area contributed by atoms with E-state index in [1.807, 2.05) is 12.3 Å². The van der Waals surface area contributed by atoms with Gasteiger partial charge in [0.2, 0.25) is 0 Å². The zero-order chi connectivity index (χ0) is 11.3. The van der Waals surface area contributed by atoms with Gasteiger partial charge in [0.1, 0.15) is 0 Å². The Kier molecular flexibility index (Phi) is 5.79. The second kappa shape index (κ2) is 6.61. The molecule has 0 saturated heterocycles. The molecule has 0 aliphatic carbocycles. The first kappa shape index (κ1) is 13.1. The molecule has 1 N–H and O–H groups in total. The SMILES string of the molecule is CCCC(NCC)c1ncc(Br)cc1Br. The van der Waals surface area contributed by atoms with Crippen LogP contribution in [0.2, 0.25) is 0 Å². The molecule has 1 rings (SSSR count). The Morgan fingerprint density at radius 3 is 2.67 bits per heavy atom. The van der Waals surface area contributed by atoms with Crippen molar-refractivity contribution in [2.45, 2.75) is 32.7 Å². The lowest BCUT2D eigenvalue weighted by molar-refractivity contribution is 0.496. The molecule has 0 amide bonds. The molecule has 1 aromatic rings. The predicted molar refractivity (Wildman–Crippen MR) is 71.0 cm³/mol. The summed E-state index contributed by atoms with van der Waals surface area (Å²) in [6.07, 6.45) is 4.11. The lowest BCUT2D eigenvalue weighted by Crippen LogP contribution is -2.22. The fourth-order valence-electron chi connectivity index (χ4n) is 1.55. The van der Waals surface area contributed by atoms with E-state index >= 15 is 0 Å². The van der Waals surface area contributed by atoms with Crippen LogP contribution in [-0.4, -0.2) is 11.5 Å². The molecule has 0 saturated carbocycles. The highest BCUT2D eigenvalue weighted by Gasteiger charge is 2.14. The molecular formula is C11H16Br2N2. The molecule has 1 heterocycles. The molecule has 2 nitrogen and oxygen atoms in total. The van der Waals surface area contributed by atoms with Crippen LogP contribution in [0.25, 0.3) is 0 Å². The highest BCUT2D eigenvalue weighted by Crippen LogP contribution is 2.26. The molecule has 0 aromatic carbocycles. The lowest BCUT2D eigenvalue weighted by atomic mass is 10.1. The molecule has 1 aromatic heterocycles. The highest BCUT2D eigenvalue weighted by molar-refractivity contribution is 9.11. The Labute approximate surface area is 108 Å². The fraction of sp³-hybridized carbons (Fsp3) is 0.545. The molecule has 15 heavy (non-hydrogen) atoms. The normalized spacial score (nSPS) is 12.8. The van der Waals surface area contributed by atoms with Gasteiger partial charge in [-0.1, -0.05) is 20.3 Å². The summed E-state index contributed by atoms with van der Waals surface area (Å²) in [5.74, 6) is 0. The van der Waals surface area contributed by atoms with E-state index in [9.17, 15) is 0 Å². The van der Waals surface area contributed by atoms with Gasteiger partial charge in [-0.25, -0.2) is 0 Å². The molecule has 1 atom stereocenters. The summed E-state index contributed by atoms with van der Waals surface area (Å²) in [6.45, 7) is 5.28. The van der Waals surface area contributed by atoms with Crippen molar-refractivity contribution in [1.29, 1.82) is 0 Å². The van der Waals surface area contributed by atoms with Gasteiger partial charge < -0.3 is 5.32 Å². The maximum absolute atomic E-state index is 4.46. The first-order chi connectivity index (χ1) is 7.19. The third-order valence-electron chi connectivity index (χ3n) is 2.19. The van der Waals surface area contributed by atoms with E-state index in [-0.39, 0.29) is 0 Å². The van der Waals surface area contributed by atoms with Gasteiger partial charge in [-0.2, -0.15) is 0 Å². The summed E-state index contributed by atoms with van der Waals surface area (Å²) in [7, 11) is 0. The van der Waals surface area contributed by atoms with Crippen LogP contribution in [0.5, 0.6) is 0 Å². The number of hydrogen-bond acceptors (Lipinski definition) is 2. The van der Waals surface area contributed by atoms with Gasteiger partial charge in [-0.05, 0) is 50.9 Å². The summed E-state index contributed by atoms with van der Waals surface area (Å²) in [6, 6.07) is 2.39. The fourth-order valence-corrected chi connectivity index (χ4v) is 2.82. The highest BCUT2D eigenvalue weighted by atomic mass is 79.9. The number of rotatable bonds is 5. The third kappa shape index (κ3) is 3.85. The van der Waals surface area contributed by atoms with Crippen LogP contribution in [-0.2, 0) is 0 Å². The van der Waals surface area contributed by atoms with Gasteiger partial charge in [-0.3, -0.25) is 4.98 Å². The maximum Gasteiger partial charge on any atom is 0.0715 e. The van der Waals surface area contributed by atoms with Crippen molar-refractivity contribution in [1.82, 2.24) is 10.3 Å². The Morgan fingerprint density at radius 2 is 2.13 bits per heavy atom. The Hall–Kier alpha value is 0.0700. The quantitative estimate of drug-likeness (QED) is 0.877. The molecule has 4 heteroatoms. The summed E-state index contributed by atoms with van der Waals surface area (Å²) >= 11 is 6.97. The molecule has 0 aliphatic heterocycles. The van der Waals surface area contributed by atoms with E-state index in [1.54, 1.807) is 0 Å². The number of pyridine rings is 1. The Morgan fingerprint density at radius 1 is 1.40 bits per heavy atom. The van der Waals surface area contributed by atoms with E-state index in [1.165, 1.54) is 0 Å². The van der Waals surface area contributed by atoms with Gasteiger partial charge >= 0.3 is 0 Å². The van der Waals surface area contributed by atoms with Crippen LogP contribution in [0.4, 0.5) is 0 Å². The van der Waals surface area contributed by atoms with Crippen LogP contribution >= 0.6 is 31.9 Å². The van der Waals surface area contributed by atoms with Gasteiger partial charge in [-0.15, -0.1) is 0 Å². The average Bonchev–Trinajstić information content (AvgIpc) is 2.17. The average molecular weight is 336 g/mol. The zero-order valence-corrected chi connectivity index (χ0v) is 12.2. The van der Waals surface area contributed by atoms with Gasteiger partial charge in [0.15, 0.2) is 0 Å². The molecular weight excluding hydrogens is 320 g/mol. The van der Waals surface area contributed by atoms with Crippen molar-refractivity contribution in [3.8, 4) is 0 Å². The van der Waals surface area contributed by atoms with E-state index in [0.717, 1.165) is 34.0 Å². The van der Waals surface area contributed by atoms with Gasteiger partial charge in [0.25, 0.3) is 0 Å². The van der Waals surface area contributed by atoms with Crippen molar-refractivity contribution in [2.24, 2.45) is 0 Å². The Bertz CT molecular complexity index is 309. The van der Waals surface area contributed by atoms with Crippen molar-refractivity contribution < 1.29 is 0 Å². The standard InChI is InChI=1S/C11H16Br2N2/c1-3-5-10(14-4-2)11-9(13)6-8(12)7-15-11/h6-7,10,14H,3-5H2,1-2H3. The molecule has 0 fully saturated rings. The number of hydrogen-bond donors (Lipinski definition) is 1. The van der Waals surface area contributed by atoms with E-state index < -0.39 is 0 Å². The summed E-state index contributed by atoms with van der Waals surface area (Å²) < 4.78 is 2.07. The molecule has 0 radical (unpaired) electrons. The first-order valence-corrected chi connectivity index (χ1v) is 6.82. The van der Waals surface area contributed by atoms with Crippen LogP contribution in [0.1, 0.15) is 38.4 Å². The monoisotopic (exact) mass is 334 g/mol. The first-order valence-electron chi connectivity index (χ1n) is 5.23. The van der Waals surface area contributed by atoms with Gasteiger partial charge in [0.05, 0.1) is 11.7 Å². The second-order valence-corrected chi connectivity index (χ2v) is 5.19. The van der Waals surface area contributed by atoms with Crippen molar-refractivity contribution in [3.05, 3.63) is 26.9 Å². The number of nitrogens with zero attached hydrogens (tertiary/aromatic N) is 1. The molecule has 0 bridgehead atoms. The molecule has 84 valence electrons. The summed E-state index contributed by atoms with van der Waals surface area (Å²) in [4.78, 5) is 4.46. The lowest BCUT2D eigenvalue weighted by Gasteiger charge is -2.17. The minimum absolute atomic E-state index is 0.350. The predicted octanol–water partition coefficient (Wildman–Crippen LogP) is 4.06. The van der Waals surface area contributed by atoms with Crippen LogP contribution in [0.15, 0.2) is 21.2 Å². The summed E-state index contributed by atoms with van der Waals surface area (Å²) in [5.41, 5.74) is 1.10. The smallest absolute Gasteiger partial charge is 0.0715 e. The van der Waals surface area contributed by atoms with Crippen molar-refractivity contribution in [2.75, 3.05) is 6.54 Å². The number of aromatic nitrogens is 1. The maximum atomic E-state index is 4.46. The molecule has 0 aliphatic rings. The summed E-state index contributed by atoms with van der Waals surface area (Å²) in [5, 5.41) is 3.45. The van der Waals surface area contributed by atoms with E-state index in [0.29, 0.717) is 6.04 Å². The zero-order valence-electron chi connectivity index (χ0n) is 9.06. The second-order valence-electron chi connectivity index (χ2n) is 3.42. The molecule has 1 unspecified atom stereocenters. The molecule has 0 spiro atoms. The van der Waals surface area contributed by atoms with Crippen molar-refractivity contribution >= 4 is 31.9 Å². The van der Waals surface area contributed by atoms with Crippen LogP contribution in [0, 0.1) is 0 Å². The minimum Gasteiger partial charge on any atom is -0.309 e. The largest absolute Gasteiger partial charge is 0.309 e. The van der Waals surface area contributed by atoms with Crippen molar-refractivity contribution in [3.63, 3.8) is 0 Å². The van der Waals surface area contributed by atoms with E-state index in [2.05, 4.69) is 56.0 Å². The Balaban J connectivity index is 2.89. The van der Waals surface area contributed by atoms with E-state index in [4.69, 9.17) is 0 Å². The van der Waals surface area contributed by atoms with Gasteiger partial charge in [0, 0.05) is 15.1 Å². The van der Waals surface area contributed by atoms with Crippen LogP contribution in [0.3, 0.4) is 0 Å². The topological polar surface area (TPSA) is 24.9 Å². The number of halogens is 2. The van der Waals surface area contributed by atoms with Crippen LogP contribution < -0.4 is 5.32 Å².